The number of rotatable bonds is 9. The van der Waals surface area contributed by atoms with E-state index in [4.69, 9.17) is 0 Å². The number of allylic oxidation sites excluding steroid dienone is 1. The number of fused-ring (bicyclic) bond motifs is 7. The van der Waals surface area contributed by atoms with Crippen molar-refractivity contribution in [2.75, 3.05) is 4.90 Å². The van der Waals surface area contributed by atoms with Gasteiger partial charge in [0.05, 0.1) is 16.8 Å². The van der Waals surface area contributed by atoms with Gasteiger partial charge in [-0.1, -0.05) is 232 Å². The summed E-state index contributed by atoms with van der Waals surface area (Å²) in [6.07, 6.45) is 2.28. The van der Waals surface area contributed by atoms with Crippen molar-refractivity contribution in [2.45, 2.75) is 24.7 Å². The van der Waals surface area contributed by atoms with Crippen LogP contribution in [0, 0.1) is 5.41 Å². The summed E-state index contributed by atoms with van der Waals surface area (Å²) in [5, 5.41) is 13.8. The van der Waals surface area contributed by atoms with Crippen molar-refractivity contribution in [3.05, 3.63) is 316 Å². The maximum atomic E-state index is 9.89. The lowest BCUT2D eigenvalue weighted by Gasteiger charge is -2.35. The van der Waals surface area contributed by atoms with Gasteiger partial charge in [-0.15, -0.1) is 0 Å². The Labute approximate surface area is 422 Å². The van der Waals surface area contributed by atoms with Crippen LogP contribution >= 0.6 is 0 Å². The molecular weight excluding hydrogens is 871 g/mol. The molecule has 0 unspecified atom stereocenters. The Bertz CT molecular complexity index is 3760. The van der Waals surface area contributed by atoms with Gasteiger partial charge in [0.25, 0.3) is 0 Å². The Hall–Kier alpha value is -9.05. The SMILES string of the molecule is CC1(C)c2ccccc2-c2ccc(N(c3ccc4c(c3)C=C(c3ccccc3)N/C4=C(\C(=N)c3ccccc3)c3ccccc3)c3ccc4c(c3)C(c3ccccc3)(c3ccccc3)c3ccccc3-4)cc21. The number of hydrogen-bond donors (Lipinski definition) is 2. The Morgan fingerprint density at radius 3 is 1.46 bits per heavy atom. The molecule has 0 amide bonds. The van der Waals surface area contributed by atoms with E-state index in [9.17, 15) is 5.41 Å². The van der Waals surface area contributed by atoms with Crippen LogP contribution in [0.3, 0.4) is 0 Å². The van der Waals surface area contributed by atoms with Gasteiger partial charge in [-0.2, -0.15) is 0 Å². The molecule has 1 aliphatic heterocycles. The Balaban J connectivity index is 1.07. The van der Waals surface area contributed by atoms with Gasteiger partial charge in [0.2, 0.25) is 0 Å². The first-order valence-electron chi connectivity index (χ1n) is 24.9. The smallest absolute Gasteiger partial charge is 0.0714 e. The second-order valence-electron chi connectivity index (χ2n) is 19.7. The molecule has 0 radical (unpaired) electrons. The van der Waals surface area contributed by atoms with Crippen molar-refractivity contribution in [3.63, 3.8) is 0 Å². The third-order valence-electron chi connectivity index (χ3n) is 15.4. The first kappa shape index (κ1) is 43.0. The zero-order chi connectivity index (χ0) is 48.4. The number of nitrogens with zero attached hydrogens (tertiary/aromatic N) is 1. The fourth-order valence-electron chi connectivity index (χ4n) is 12.0. The highest BCUT2D eigenvalue weighted by atomic mass is 15.1. The third kappa shape index (κ3) is 6.76. The molecule has 342 valence electrons. The maximum absolute atomic E-state index is 9.89. The summed E-state index contributed by atoms with van der Waals surface area (Å²) in [5.41, 5.74) is 23.3. The highest BCUT2D eigenvalue weighted by Crippen LogP contribution is 2.58. The molecule has 10 aromatic carbocycles. The van der Waals surface area contributed by atoms with Crippen LogP contribution in [0.2, 0.25) is 0 Å². The standard InChI is InChI=1S/C69H51N3/c1-68(2)60-34-20-18-32-56(60)58-40-37-53(44-62(58)68)72(54-38-41-59-57-33-19-21-35-61(57)69(63(59)45-54,50-28-14-6-15-29-50)51-30-16-7-17-31-51)52-36-39-55-49(42-52)43-64(46-22-8-3-9-23-46)71-67(55)65(47-24-10-4-11-25-47)66(70)48-26-12-5-13-27-48/h3-45,70-71H,1-2H3/b67-65-,70-66?. The van der Waals surface area contributed by atoms with Crippen LogP contribution in [0.4, 0.5) is 17.1 Å². The van der Waals surface area contributed by atoms with Crippen LogP contribution in [0.1, 0.15) is 75.0 Å². The minimum absolute atomic E-state index is 0.200. The van der Waals surface area contributed by atoms with Crippen LogP contribution in [0.15, 0.2) is 255 Å². The van der Waals surface area contributed by atoms with Gasteiger partial charge < -0.3 is 10.2 Å². The van der Waals surface area contributed by atoms with E-state index in [1.807, 2.05) is 36.4 Å². The largest absolute Gasteiger partial charge is 0.354 e. The number of hydrogen-bond acceptors (Lipinski definition) is 3. The summed E-state index contributed by atoms with van der Waals surface area (Å²) in [5.74, 6) is 0. The second-order valence-corrected chi connectivity index (χ2v) is 19.7. The van der Waals surface area contributed by atoms with Crippen molar-refractivity contribution < 1.29 is 0 Å². The van der Waals surface area contributed by atoms with E-state index in [-0.39, 0.29) is 5.41 Å². The van der Waals surface area contributed by atoms with E-state index in [2.05, 4.69) is 249 Å². The highest BCUT2D eigenvalue weighted by molar-refractivity contribution is 6.36. The lowest BCUT2D eigenvalue weighted by molar-refractivity contribution is 0.660. The topological polar surface area (TPSA) is 39.1 Å². The zero-order valence-electron chi connectivity index (χ0n) is 40.3. The average Bonchev–Trinajstić information content (AvgIpc) is 3.87. The van der Waals surface area contributed by atoms with Crippen LogP contribution in [-0.4, -0.2) is 5.71 Å². The van der Waals surface area contributed by atoms with Gasteiger partial charge in [0, 0.05) is 44.9 Å². The monoisotopic (exact) mass is 921 g/mol. The first-order valence-corrected chi connectivity index (χ1v) is 24.9. The molecule has 2 N–H and O–H groups in total. The van der Waals surface area contributed by atoms with Gasteiger partial charge in [-0.25, -0.2) is 0 Å². The average molecular weight is 922 g/mol. The number of nitrogens with one attached hydrogen (secondary N) is 2. The van der Waals surface area contributed by atoms with Gasteiger partial charge >= 0.3 is 0 Å². The molecule has 0 saturated heterocycles. The third-order valence-corrected chi connectivity index (χ3v) is 15.4. The van der Waals surface area contributed by atoms with E-state index in [0.29, 0.717) is 5.71 Å². The minimum Gasteiger partial charge on any atom is -0.354 e. The quantitative estimate of drug-likeness (QED) is 0.142. The normalized spacial score (nSPS) is 14.9. The Kier molecular flexibility index (Phi) is 10.2. The fourth-order valence-corrected chi connectivity index (χ4v) is 12.0. The Morgan fingerprint density at radius 1 is 0.403 bits per heavy atom. The molecule has 3 heteroatoms. The van der Waals surface area contributed by atoms with Crippen molar-refractivity contribution in [2.24, 2.45) is 0 Å². The molecule has 3 nitrogen and oxygen atoms in total. The molecular formula is C69H51N3. The summed E-state index contributed by atoms with van der Waals surface area (Å²) in [6.45, 7) is 4.72. The summed E-state index contributed by atoms with van der Waals surface area (Å²) in [7, 11) is 0. The van der Waals surface area contributed by atoms with E-state index in [0.717, 1.165) is 61.8 Å². The van der Waals surface area contributed by atoms with Gasteiger partial charge in [0.15, 0.2) is 0 Å². The van der Waals surface area contributed by atoms with Gasteiger partial charge in [-0.05, 0) is 115 Å². The van der Waals surface area contributed by atoms with Crippen LogP contribution in [0.5, 0.6) is 0 Å². The summed E-state index contributed by atoms with van der Waals surface area (Å²) in [4.78, 5) is 2.47. The van der Waals surface area contributed by atoms with Crippen LogP contribution < -0.4 is 10.2 Å². The van der Waals surface area contributed by atoms with Gasteiger partial charge in [-0.3, -0.25) is 5.41 Å². The molecule has 1 heterocycles. The molecule has 0 spiro atoms. The molecule has 0 atom stereocenters. The molecule has 2 aliphatic carbocycles. The highest BCUT2D eigenvalue weighted by Gasteiger charge is 2.46. The second kappa shape index (κ2) is 17.1. The fraction of sp³-hybridized carbons (Fsp3) is 0.0580. The molecule has 0 saturated carbocycles. The van der Waals surface area contributed by atoms with E-state index >= 15 is 0 Å². The van der Waals surface area contributed by atoms with Crippen molar-refractivity contribution in [1.82, 2.24) is 5.32 Å². The molecule has 13 rings (SSSR count). The molecule has 0 bridgehead atoms. The molecule has 10 aromatic rings. The van der Waals surface area contributed by atoms with Crippen LogP contribution in [-0.2, 0) is 10.8 Å². The Morgan fingerprint density at radius 2 is 0.847 bits per heavy atom. The van der Waals surface area contributed by atoms with E-state index < -0.39 is 5.41 Å². The molecule has 72 heavy (non-hydrogen) atoms. The van der Waals surface area contributed by atoms with Crippen molar-refractivity contribution in [3.8, 4) is 22.3 Å². The first-order chi connectivity index (χ1) is 35.4. The predicted octanol–water partition coefficient (Wildman–Crippen LogP) is 16.9. The summed E-state index contributed by atoms with van der Waals surface area (Å²) < 4.78 is 0. The maximum Gasteiger partial charge on any atom is 0.0714 e. The van der Waals surface area contributed by atoms with E-state index in [1.54, 1.807) is 0 Å². The number of benzene rings is 10. The summed E-state index contributed by atoms with van der Waals surface area (Å²) in [6, 6.07) is 92.1. The van der Waals surface area contributed by atoms with Crippen molar-refractivity contribution >= 4 is 45.8 Å². The lowest BCUT2D eigenvalue weighted by Crippen LogP contribution is -2.28. The molecule has 0 aromatic heterocycles. The zero-order valence-corrected chi connectivity index (χ0v) is 40.3. The number of anilines is 3. The minimum atomic E-state index is -0.566. The van der Waals surface area contributed by atoms with Crippen LogP contribution in [0.25, 0.3) is 45.3 Å². The molecule has 0 fully saturated rings. The van der Waals surface area contributed by atoms with Crippen molar-refractivity contribution in [1.29, 1.82) is 5.41 Å². The van der Waals surface area contributed by atoms with Gasteiger partial charge in [0.1, 0.15) is 0 Å². The van der Waals surface area contributed by atoms with E-state index in [1.165, 1.54) is 55.6 Å². The predicted molar refractivity (Wildman–Crippen MR) is 300 cm³/mol. The molecule has 3 aliphatic rings. The summed E-state index contributed by atoms with van der Waals surface area (Å²) >= 11 is 0. The lowest BCUT2D eigenvalue weighted by atomic mass is 9.67.